The molecule has 0 unspecified atom stereocenters. The van der Waals surface area contributed by atoms with Crippen molar-refractivity contribution in [2.45, 2.75) is 31.6 Å². The van der Waals surface area contributed by atoms with Gasteiger partial charge in [0.1, 0.15) is 5.84 Å². The van der Waals surface area contributed by atoms with Crippen molar-refractivity contribution in [2.24, 2.45) is 5.73 Å². The van der Waals surface area contributed by atoms with Crippen LogP contribution in [0.2, 0.25) is 5.02 Å². The number of halogens is 1. The quantitative estimate of drug-likeness (QED) is 0.661. The van der Waals surface area contributed by atoms with E-state index in [2.05, 4.69) is 0 Å². The molecule has 0 atom stereocenters. The average molecular weight is 325 g/mol. The van der Waals surface area contributed by atoms with Gasteiger partial charge in [-0.2, -0.15) is 0 Å². The van der Waals surface area contributed by atoms with Crippen LogP contribution in [-0.4, -0.2) is 14.3 Å². The maximum absolute atomic E-state index is 12.8. The minimum absolute atomic E-state index is 0.119. The number of aryl methyl sites for hydroxylation is 2. The standard InChI is InChI=1S/C15H17ClN2O2S/c1-9-7-14(10(2)6-13(9)16)21(19,20)12-5-3-4-11(8-12)15(17)18/h4,6-8H,3,5H2,1-2H3,(H3,17,18). The van der Waals surface area contributed by atoms with Crippen LogP contribution >= 0.6 is 11.6 Å². The van der Waals surface area contributed by atoms with Gasteiger partial charge in [-0.05, 0) is 56.0 Å². The van der Waals surface area contributed by atoms with Crippen LogP contribution < -0.4 is 5.73 Å². The van der Waals surface area contributed by atoms with Gasteiger partial charge >= 0.3 is 0 Å². The normalized spacial score (nSPS) is 15.4. The molecule has 0 saturated heterocycles. The number of nitrogens with two attached hydrogens (primary N) is 1. The second-order valence-corrected chi connectivity index (χ2v) is 7.47. The summed E-state index contributed by atoms with van der Waals surface area (Å²) in [6.45, 7) is 3.50. The molecular formula is C15H17ClN2O2S. The van der Waals surface area contributed by atoms with Crippen molar-refractivity contribution < 1.29 is 8.42 Å². The fourth-order valence-corrected chi connectivity index (χ4v) is 4.24. The molecule has 0 aliphatic heterocycles. The number of hydrogen-bond donors (Lipinski definition) is 2. The summed E-state index contributed by atoms with van der Waals surface area (Å²) in [4.78, 5) is 0.556. The molecule has 0 fully saturated rings. The van der Waals surface area contributed by atoms with E-state index < -0.39 is 9.84 Å². The van der Waals surface area contributed by atoms with Gasteiger partial charge in [-0.15, -0.1) is 0 Å². The molecule has 6 heteroatoms. The van der Waals surface area contributed by atoms with Gasteiger partial charge in [0.2, 0.25) is 9.84 Å². The van der Waals surface area contributed by atoms with Crippen LogP contribution in [0.25, 0.3) is 0 Å². The molecule has 1 aliphatic carbocycles. The molecule has 0 radical (unpaired) electrons. The molecule has 1 aromatic rings. The van der Waals surface area contributed by atoms with Gasteiger partial charge in [0.15, 0.2) is 0 Å². The van der Waals surface area contributed by atoms with Gasteiger partial charge in [0.05, 0.1) is 9.80 Å². The van der Waals surface area contributed by atoms with Crippen molar-refractivity contribution >= 4 is 27.3 Å². The van der Waals surface area contributed by atoms with Crippen molar-refractivity contribution in [3.8, 4) is 0 Å². The van der Waals surface area contributed by atoms with Gasteiger partial charge in [-0.3, -0.25) is 5.41 Å². The maximum atomic E-state index is 12.8. The van der Waals surface area contributed by atoms with E-state index in [1.54, 1.807) is 32.1 Å². The number of sulfone groups is 1. The van der Waals surface area contributed by atoms with E-state index in [-0.39, 0.29) is 10.7 Å². The van der Waals surface area contributed by atoms with Crippen LogP contribution in [0.15, 0.2) is 39.7 Å². The van der Waals surface area contributed by atoms with Crippen LogP contribution in [0.5, 0.6) is 0 Å². The molecule has 1 aliphatic rings. The lowest BCUT2D eigenvalue weighted by molar-refractivity contribution is 0.599. The SMILES string of the molecule is Cc1cc(S(=O)(=O)C2=CC(C(=N)N)=CCC2)c(C)cc1Cl. The second-order valence-electron chi connectivity index (χ2n) is 5.09. The van der Waals surface area contributed by atoms with Crippen LogP contribution in [0, 0.1) is 19.3 Å². The van der Waals surface area contributed by atoms with Gasteiger partial charge in [-0.25, -0.2) is 8.42 Å². The third-order valence-electron chi connectivity index (χ3n) is 3.47. The molecular weight excluding hydrogens is 308 g/mol. The van der Waals surface area contributed by atoms with E-state index in [0.717, 1.165) is 5.56 Å². The van der Waals surface area contributed by atoms with Crippen LogP contribution in [0.3, 0.4) is 0 Å². The summed E-state index contributed by atoms with van der Waals surface area (Å²) in [5.74, 6) is -0.119. The van der Waals surface area contributed by atoms with E-state index in [1.807, 2.05) is 0 Å². The highest BCUT2D eigenvalue weighted by Gasteiger charge is 2.25. The number of amidine groups is 1. The zero-order valence-electron chi connectivity index (χ0n) is 11.9. The molecule has 3 N–H and O–H groups in total. The Balaban J connectivity index is 2.56. The first-order chi connectivity index (χ1) is 9.73. The minimum atomic E-state index is -3.59. The third kappa shape index (κ3) is 3.04. The smallest absolute Gasteiger partial charge is 0.203 e. The number of rotatable bonds is 3. The molecule has 0 amide bonds. The Kier molecular flexibility index (Phi) is 4.25. The van der Waals surface area contributed by atoms with Crippen molar-refractivity contribution in [1.29, 1.82) is 5.41 Å². The van der Waals surface area contributed by atoms with E-state index in [0.29, 0.717) is 33.9 Å². The number of hydrogen-bond acceptors (Lipinski definition) is 3. The Bertz CT molecular complexity index is 777. The second kappa shape index (κ2) is 5.66. The maximum Gasteiger partial charge on any atom is 0.203 e. The molecule has 0 saturated carbocycles. The Morgan fingerprint density at radius 1 is 1.29 bits per heavy atom. The Morgan fingerprint density at radius 2 is 1.95 bits per heavy atom. The average Bonchev–Trinajstić information content (AvgIpc) is 2.42. The number of nitrogens with one attached hydrogen (secondary N) is 1. The summed E-state index contributed by atoms with van der Waals surface area (Å²) in [6.07, 6.45) is 4.25. The summed E-state index contributed by atoms with van der Waals surface area (Å²) < 4.78 is 25.6. The Morgan fingerprint density at radius 3 is 2.57 bits per heavy atom. The lowest BCUT2D eigenvalue weighted by Crippen LogP contribution is -2.16. The molecule has 0 heterocycles. The molecule has 21 heavy (non-hydrogen) atoms. The van der Waals surface area contributed by atoms with Crippen LogP contribution in [0.4, 0.5) is 0 Å². The van der Waals surface area contributed by atoms with Crippen molar-refractivity contribution in [2.75, 3.05) is 0 Å². The first kappa shape index (κ1) is 15.8. The van der Waals surface area contributed by atoms with Gasteiger partial charge in [-0.1, -0.05) is 17.7 Å². The first-order valence-corrected chi connectivity index (χ1v) is 8.36. The highest BCUT2D eigenvalue weighted by Crippen LogP contribution is 2.32. The summed E-state index contributed by atoms with van der Waals surface area (Å²) in [6, 6.07) is 3.26. The van der Waals surface area contributed by atoms with Gasteiger partial charge in [0, 0.05) is 10.6 Å². The number of allylic oxidation sites excluding steroid dienone is 2. The molecule has 0 aromatic heterocycles. The Labute approximate surface area is 129 Å². The largest absolute Gasteiger partial charge is 0.384 e. The van der Waals surface area contributed by atoms with Crippen molar-refractivity contribution in [3.63, 3.8) is 0 Å². The van der Waals surface area contributed by atoms with Gasteiger partial charge in [0.25, 0.3) is 0 Å². The molecule has 0 spiro atoms. The first-order valence-electron chi connectivity index (χ1n) is 6.50. The Hall–Kier alpha value is -1.59. The zero-order valence-corrected chi connectivity index (χ0v) is 13.5. The van der Waals surface area contributed by atoms with E-state index in [9.17, 15) is 8.42 Å². The van der Waals surface area contributed by atoms with Crippen LogP contribution in [-0.2, 0) is 9.84 Å². The predicted octanol–water partition coefficient (Wildman–Crippen LogP) is 3.27. The van der Waals surface area contributed by atoms with Crippen LogP contribution in [0.1, 0.15) is 24.0 Å². The van der Waals surface area contributed by atoms with Crippen molar-refractivity contribution in [3.05, 3.63) is 50.9 Å². The van der Waals surface area contributed by atoms with Crippen molar-refractivity contribution in [1.82, 2.24) is 0 Å². The lowest BCUT2D eigenvalue weighted by atomic mass is 10.1. The topological polar surface area (TPSA) is 84.0 Å². The molecule has 4 nitrogen and oxygen atoms in total. The monoisotopic (exact) mass is 324 g/mol. The highest BCUT2D eigenvalue weighted by molar-refractivity contribution is 7.95. The molecule has 112 valence electrons. The van der Waals surface area contributed by atoms with E-state index >= 15 is 0 Å². The van der Waals surface area contributed by atoms with Gasteiger partial charge < -0.3 is 5.73 Å². The van der Waals surface area contributed by atoms with E-state index in [4.69, 9.17) is 22.7 Å². The summed E-state index contributed by atoms with van der Waals surface area (Å²) in [7, 11) is -3.59. The summed E-state index contributed by atoms with van der Waals surface area (Å²) in [5, 5.41) is 7.99. The third-order valence-corrected chi connectivity index (χ3v) is 5.91. The molecule has 1 aromatic carbocycles. The number of benzene rings is 1. The molecule has 2 rings (SSSR count). The fourth-order valence-electron chi connectivity index (χ4n) is 2.26. The summed E-state index contributed by atoms with van der Waals surface area (Å²) in [5.41, 5.74) is 7.24. The summed E-state index contributed by atoms with van der Waals surface area (Å²) >= 11 is 6.02. The highest BCUT2D eigenvalue weighted by atomic mass is 35.5. The fraction of sp³-hybridized carbons (Fsp3) is 0.267. The predicted molar refractivity (Wildman–Crippen MR) is 85.4 cm³/mol. The lowest BCUT2D eigenvalue weighted by Gasteiger charge is -2.16. The zero-order chi connectivity index (χ0) is 15.8. The molecule has 0 bridgehead atoms. The van der Waals surface area contributed by atoms with E-state index in [1.165, 1.54) is 6.08 Å². The minimum Gasteiger partial charge on any atom is -0.384 e.